The number of aliphatic carboxylic acids is 1. The van der Waals surface area contributed by atoms with Crippen molar-refractivity contribution < 1.29 is 24.2 Å². The molecule has 1 N–H and O–H groups in total. The van der Waals surface area contributed by atoms with Crippen molar-refractivity contribution in [2.45, 2.75) is 145 Å². The molecule has 3 unspecified atom stereocenters. The van der Waals surface area contributed by atoms with Gasteiger partial charge in [0, 0.05) is 23.7 Å². The van der Waals surface area contributed by atoms with Crippen molar-refractivity contribution in [1.29, 1.82) is 0 Å². The Labute approximate surface area is 255 Å². The number of rotatable bonds is 7. The molecule has 0 aromatic heterocycles. The van der Waals surface area contributed by atoms with Crippen LogP contribution in [0.15, 0.2) is 11.6 Å². The van der Waals surface area contributed by atoms with E-state index in [4.69, 9.17) is 4.74 Å². The first-order chi connectivity index (χ1) is 19.6. The molecule has 5 rings (SSSR count). The number of carboxylic acid groups (broad SMARTS) is 1. The van der Waals surface area contributed by atoms with Crippen LogP contribution in [0.4, 0.5) is 0 Å². The number of carboxylic acids is 1. The Morgan fingerprint density at radius 3 is 2.26 bits per heavy atom. The highest BCUT2D eigenvalue weighted by molar-refractivity contribution is 5.88. The molecule has 0 radical (unpaired) electrons. The molecule has 5 aliphatic rings. The second kappa shape index (κ2) is 10.8. The van der Waals surface area contributed by atoms with Crippen LogP contribution >= 0.6 is 0 Å². The van der Waals surface area contributed by atoms with Gasteiger partial charge in [0.05, 0.1) is 6.42 Å². The average molecular weight is 583 g/mol. The molecule has 5 nitrogen and oxygen atoms in total. The van der Waals surface area contributed by atoms with Crippen molar-refractivity contribution in [2.75, 3.05) is 0 Å². The molecule has 0 bridgehead atoms. The number of ether oxygens (including phenoxy) is 1. The Hall–Kier alpha value is -1.65. The average Bonchev–Trinajstić information content (AvgIpc) is 2.91. The van der Waals surface area contributed by atoms with Crippen molar-refractivity contribution in [3.8, 4) is 0 Å². The van der Waals surface area contributed by atoms with E-state index < -0.39 is 11.4 Å². The number of carbonyl (C=O) groups excluding carboxylic acids is 2. The van der Waals surface area contributed by atoms with Crippen LogP contribution in [0.5, 0.6) is 0 Å². The number of esters is 1. The van der Waals surface area contributed by atoms with Gasteiger partial charge in [-0.2, -0.15) is 0 Å². The van der Waals surface area contributed by atoms with Crippen LogP contribution in [-0.4, -0.2) is 28.9 Å². The Kier molecular flexibility index (Phi) is 8.14. The van der Waals surface area contributed by atoms with Gasteiger partial charge in [0.1, 0.15) is 11.9 Å². The second-order valence-corrected chi connectivity index (χ2v) is 16.7. The quantitative estimate of drug-likeness (QED) is 0.240. The highest BCUT2D eigenvalue weighted by Crippen LogP contribution is 2.76. The third-order valence-electron chi connectivity index (χ3n) is 14.8. The molecule has 0 aliphatic heterocycles. The maximum absolute atomic E-state index is 14.0. The minimum Gasteiger partial charge on any atom is -0.481 e. The number of Topliss-reactive ketones (excluding diaryl/α,β-unsaturated/α-hetero) is 1. The molecule has 10 atom stereocenters. The van der Waals surface area contributed by atoms with Gasteiger partial charge in [-0.05, 0) is 110 Å². The van der Waals surface area contributed by atoms with E-state index in [1.54, 1.807) is 5.57 Å². The number of carbonyl (C=O) groups is 3. The van der Waals surface area contributed by atoms with Gasteiger partial charge in [0.2, 0.25) is 0 Å². The maximum Gasteiger partial charge on any atom is 0.306 e. The van der Waals surface area contributed by atoms with Crippen LogP contribution in [0.3, 0.4) is 0 Å². The van der Waals surface area contributed by atoms with E-state index >= 15 is 0 Å². The first kappa shape index (κ1) is 31.8. The molecule has 4 saturated carbocycles. The molecule has 0 saturated heterocycles. The van der Waals surface area contributed by atoms with Crippen LogP contribution in [0.2, 0.25) is 0 Å². The molecular weight excluding hydrogens is 524 g/mol. The first-order valence-corrected chi connectivity index (χ1v) is 17.2. The predicted molar refractivity (Wildman–Crippen MR) is 166 cm³/mol. The monoisotopic (exact) mass is 582 g/mol. The summed E-state index contributed by atoms with van der Waals surface area (Å²) in [6, 6.07) is 0. The van der Waals surface area contributed by atoms with Crippen LogP contribution in [0.25, 0.3) is 0 Å². The number of hydrogen-bond donors (Lipinski definition) is 1. The van der Waals surface area contributed by atoms with Gasteiger partial charge >= 0.3 is 11.9 Å². The lowest BCUT2D eigenvalue weighted by Crippen LogP contribution is -2.65. The van der Waals surface area contributed by atoms with Gasteiger partial charge in [0.25, 0.3) is 0 Å². The number of fused-ring (bicyclic) bond motifs is 7. The van der Waals surface area contributed by atoms with Crippen molar-refractivity contribution in [3.63, 3.8) is 0 Å². The molecule has 5 heteroatoms. The van der Waals surface area contributed by atoms with Gasteiger partial charge in [-0.3, -0.25) is 14.4 Å². The molecular formula is C37H58O5. The fourth-order valence-electron chi connectivity index (χ4n) is 12.0. The van der Waals surface area contributed by atoms with E-state index in [9.17, 15) is 19.5 Å². The zero-order chi connectivity index (χ0) is 30.9. The SMILES string of the molecule is CCCC(=O)O[C@@H]1CC[C@@]2(C)C(CC[C@]3(C)C2CC=C2C4[C@@H](C)[C@H](C)CC[C@]4(C(=O)CCC(=O)O)CC[C@]23C)C1(C)C. The van der Waals surface area contributed by atoms with Crippen molar-refractivity contribution in [3.05, 3.63) is 11.6 Å². The Morgan fingerprint density at radius 2 is 1.60 bits per heavy atom. The van der Waals surface area contributed by atoms with Gasteiger partial charge in [0.15, 0.2) is 0 Å². The number of allylic oxidation sites excluding steroid dienone is 2. The third-order valence-corrected chi connectivity index (χ3v) is 14.8. The zero-order valence-electron chi connectivity index (χ0n) is 27.8. The standard InChI is InChI=1S/C37H58O5/c1-9-10-31(41)42-29-17-18-34(6)26(33(29,4)5)16-19-36(8)27(34)12-11-25-32-24(3)23(2)15-20-37(32,22-21-35(25,36)7)28(38)13-14-30(39)40/h11,23-24,26-27,29,32H,9-10,12-22H2,1-8H3,(H,39,40)/t23-,24+,26?,27?,29-,32?,34+,35-,36-,37-/m1/s1. The topological polar surface area (TPSA) is 80.7 Å². The maximum atomic E-state index is 14.0. The van der Waals surface area contributed by atoms with E-state index in [1.807, 2.05) is 6.92 Å². The lowest BCUT2D eigenvalue weighted by Gasteiger charge is -2.71. The van der Waals surface area contributed by atoms with E-state index in [-0.39, 0.29) is 58.3 Å². The minimum atomic E-state index is -0.871. The Balaban J connectivity index is 1.50. The summed E-state index contributed by atoms with van der Waals surface area (Å²) in [6.45, 7) is 19.2. The van der Waals surface area contributed by atoms with Crippen molar-refractivity contribution in [1.82, 2.24) is 0 Å². The number of hydrogen-bond acceptors (Lipinski definition) is 4. The van der Waals surface area contributed by atoms with E-state index in [2.05, 4.69) is 54.5 Å². The van der Waals surface area contributed by atoms with Crippen molar-refractivity contribution >= 4 is 17.7 Å². The summed E-state index contributed by atoms with van der Waals surface area (Å²) in [5.74, 6) is 1.54. The van der Waals surface area contributed by atoms with Gasteiger partial charge < -0.3 is 9.84 Å². The summed E-state index contributed by atoms with van der Waals surface area (Å²) in [7, 11) is 0. The van der Waals surface area contributed by atoms with Gasteiger partial charge in [-0.15, -0.1) is 0 Å². The fraction of sp³-hybridized carbons (Fsp3) is 0.865. The number of ketones is 1. The largest absolute Gasteiger partial charge is 0.481 e. The highest BCUT2D eigenvalue weighted by Gasteiger charge is 2.69. The molecule has 5 aliphatic carbocycles. The van der Waals surface area contributed by atoms with Gasteiger partial charge in [-0.1, -0.05) is 67.0 Å². The smallest absolute Gasteiger partial charge is 0.306 e. The summed E-state index contributed by atoms with van der Waals surface area (Å²) in [6.07, 6.45) is 13.3. The zero-order valence-corrected chi connectivity index (χ0v) is 27.8. The summed E-state index contributed by atoms with van der Waals surface area (Å²) in [5.41, 5.74) is 1.42. The summed E-state index contributed by atoms with van der Waals surface area (Å²) >= 11 is 0. The predicted octanol–water partition coefficient (Wildman–Crippen LogP) is 8.79. The lowest BCUT2D eigenvalue weighted by atomic mass is 9.33. The van der Waals surface area contributed by atoms with Gasteiger partial charge in [-0.25, -0.2) is 0 Å². The van der Waals surface area contributed by atoms with E-state index in [0.717, 1.165) is 57.8 Å². The molecule has 0 spiro atoms. The summed E-state index contributed by atoms with van der Waals surface area (Å²) in [5, 5.41) is 9.39. The second-order valence-electron chi connectivity index (χ2n) is 16.7. The summed E-state index contributed by atoms with van der Waals surface area (Å²) in [4.78, 5) is 38.0. The van der Waals surface area contributed by atoms with E-state index in [0.29, 0.717) is 30.1 Å². The highest BCUT2D eigenvalue weighted by atomic mass is 16.5. The first-order valence-electron chi connectivity index (χ1n) is 17.2. The Morgan fingerprint density at radius 1 is 0.881 bits per heavy atom. The van der Waals surface area contributed by atoms with Crippen LogP contribution in [-0.2, 0) is 19.1 Å². The van der Waals surface area contributed by atoms with Crippen LogP contribution in [0.1, 0.15) is 139 Å². The molecule has 0 aromatic rings. The van der Waals surface area contributed by atoms with Crippen LogP contribution in [0, 0.1) is 56.7 Å². The van der Waals surface area contributed by atoms with Crippen molar-refractivity contribution in [2.24, 2.45) is 56.7 Å². The molecule has 4 fully saturated rings. The third kappa shape index (κ3) is 4.47. The molecule has 0 heterocycles. The molecule has 236 valence electrons. The molecule has 0 aromatic carbocycles. The normalized spacial score (nSPS) is 45.8. The molecule has 42 heavy (non-hydrogen) atoms. The fourth-order valence-corrected chi connectivity index (χ4v) is 12.0. The lowest BCUT2D eigenvalue weighted by molar-refractivity contribution is -0.213. The molecule has 0 amide bonds. The van der Waals surface area contributed by atoms with Crippen LogP contribution < -0.4 is 0 Å². The van der Waals surface area contributed by atoms with E-state index in [1.165, 1.54) is 6.42 Å². The summed E-state index contributed by atoms with van der Waals surface area (Å²) < 4.78 is 6.14. The Bertz CT molecular complexity index is 1140. The minimum absolute atomic E-state index is 0.0130.